The molecule has 172 valence electrons. The van der Waals surface area contributed by atoms with Crippen molar-refractivity contribution in [3.63, 3.8) is 0 Å². The molecule has 9 heteroatoms. The minimum atomic E-state index is -0.0596. The van der Waals surface area contributed by atoms with Gasteiger partial charge in [-0.2, -0.15) is 0 Å². The summed E-state index contributed by atoms with van der Waals surface area (Å²) in [6.07, 6.45) is 0.987. The molecular formula is C23H33N7O2. The van der Waals surface area contributed by atoms with Crippen LogP contribution in [0.25, 0.3) is 0 Å². The van der Waals surface area contributed by atoms with Crippen molar-refractivity contribution in [1.82, 2.24) is 20.0 Å². The number of hydrogen-bond donors (Lipinski definition) is 2. The molecule has 2 aromatic rings. The lowest BCUT2D eigenvalue weighted by molar-refractivity contribution is 0.188. The quantitative estimate of drug-likeness (QED) is 0.705. The molecule has 0 spiro atoms. The van der Waals surface area contributed by atoms with Gasteiger partial charge in [-0.25, -0.2) is 4.79 Å². The van der Waals surface area contributed by atoms with Crippen LogP contribution in [-0.4, -0.2) is 96.6 Å². The predicted molar refractivity (Wildman–Crippen MR) is 126 cm³/mol. The van der Waals surface area contributed by atoms with Gasteiger partial charge in [0.15, 0.2) is 11.6 Å². The number of rotatable bonds is 6. The zero-order valence-corrected chi connectivity index (χ0v) is 18.8. The van der Waals surface area contributed by atoms with Gasteiger partial charge in [0.2, 0.25) is 0 Å². The lowest BCUT2D eigenvalue weighted by atomic mass is 10.1. The number of amides is 2. The van der Waals surface area contributed by atoms with E-state index < -0.39 is 0 Å². The van der Waals surface area contributed by atoms with Crippen LogP contribution in [0.5, 0.6) is 0 Å². The Labute approximate surface area is 189 Å². The van der Waals surface area contributed by atoms with E-state index in [-0.39, 0.29) is 12.6 Å². The van der Waals surface area contributed by atoms with Gasteiger partial charge < -0.3 is 25.1 Å². The summed E-state index contributed by atoms with van der Waals surface area (Å²) in [5.41, 5.74) is 2.08. The molecule has 0 radical (unpaired) electrons. The van der Waals surface area contributed by atoms with Crippen molar-refractivity contribution in [2.75, 3.05) is 80.6 Å². The van der Waals surface area contributed by atoms with Crippen molar-refractivity contribution in [2.45, 2.75) is 13.3 Å². The first kappa shape index (κ1) is 22.3. The van der Waals surface area contributed by atoms with Gasteiger partial charge in [0, 0.05) is 64.6 Å². The summed E-state index contributed by atoms with van der Waals surface area (Å²) in [6, 6.07) is 12.0. The van der Waals surface area contributed by atoms with Gasteiger partial charge >= 0.3 is 6.03 Å². The fourth-order valence-electron chi connectivity index (χ4n) is 4.16. The Hall–Kier alpha value is -2.91. The fourth-order valence-corrected chi connectivity index (χ4v) is 4.16. The Morgan fingerprint density at radius 1 is 0.875 bits per heavy atom. The molecule has 2 amide bonds. The lowest BCUT2D eigenvalue weighted by Crippen LogP contribution is -2.50. The van der Waals surface area contributed by atoms with Crippen LogP contribution in [-0.2, 0) is 6.42 Å². The molecule has 9 nitrogen and oxygen atoms in total. The number of urea groups is 1. The smallest absolute Gasteiger partial charge is 0.321 e. The third kappa shape index (κ3) is 5.46. The minimum absolute atomic E-state index is 0.0596. The largest absolute Gasteiger partial charge is 0.395 e. The Morgan fingerprint density at radius 2 is 1.44 bits per heavy atom. The van der Waals surface area contributed by atoms with Crippen LogP contribution in [0.3, 0.4) is 0 Å². The van der Waals surface area contributed by atoms with Crippen LogP contribution in [0.1, 0.15) is 12.5 Å². The van der Waals surface area contributed by atoms with Gasteiger partial charge in [-0.1, -0.05) is 19.1 Å². The molecule has 0 unspecified atom stereocenters. The van der Waals surface area contributed by atoms with Crippen LogP contribution >= 0.6 is 0 Å². The number of β-amino-alcohol motifs (C(OH)–C–C–N with tert-alkyl or cyclic N) is 1. The molecule has 2 aliphatic heterocycles. The number of anilines is 3. The molecule has 0 atom stereocenters. The van der Waals surface area contributed by atoms with E-state index in [1.165, 1.54) is 5.56 Å². The summed E-state index contributed by atoms with van der Waals surface area (Å²) in [5.74, 6) is 1.74. The number of aromatic nitrogens is 2. The average Bonchev–Trinajstić information content (AvgIpc) is 2.85. The fraction of sp³-hybridized carbons (Fsp3) is 0.522. The molecule has 4 rings (SSSR count). The molecule has 3 heterocycles. The number of aliphatic hydroxyl groups excluding tert-OH is 1. The normalized spacial score (nSPS) is 17.5. The van der Waals surface area contributed by atoms with Gasteiger partial charge in [0.1, 0.15) is 0 Å². The molecule has 2 aliphatic rings. The maximum atomic E-state index is 12.6. The van der Waals surface area contributed by atoms with Crippen molar-refractivity contribution in [1.29, 1.82) is 0 Å². The van der Waals surface area contributed by atoms with Crippen LogP contribution in [0.2, 0.25) is 0 Å². The molecule has 2 fully saturated rings. The Kier molecular flexibility index (Phi) is 7.39. The molecule has 2 N–H and O–H groups in total. The highest BCUT2D eigenvalue weighted by molar-refractivity contribution is 5.89. The highest BCUT2D eigenvalue weighted by atomic mass is 16.3. The van der Waals surface area contributed by atoms with Gasteiger partial charge in [0.05, 0.1) is 6.61 Å². The van der Waals surface area contributed by atoms with E-state index in [0.717, 1.165) is 69.6 Å². The molecule has 2 saturated heterocycles. The summed E-state index contributed by atoms with van der Waals surface area (Å²) in [7, 11) is 0. The van der Waals surface area contributed by atoms with Gasteiger partial charge in [-0.3, -0.25) is 4.90 Å². The third-order valence-electron chi connectivity index (χ3n) is 6.25. The van der Waals surface area contributed by atoms with Crippen molar-refractivity contribution in [2.24, 2.45) is 0 Å². The maximum absolute atomic E-state index is 12.6. The highest BCUT2D eigenvalue weighted by Crippen LogP contribution is 2.18. The number of aryl methyl sites for hydroxylation is 1. The summed E-state index contributed by atoms with van der Waals surface area (Å²) in [6.45, 7) is 9.45. The zero-order valence-electron chi connectivity index (χ0n) is 18.8. The Morgan fingerprint density at radius 3 is 1.94 bits per heavy atom. The number of aliphatic hydroxyl groups is 1. The lowest BCUT2D eigenvalue weighted by Gasteiger charge is -2.36. The zero-order chi connectivity index (χ0) is 22.3. The van der Waals surface area contributed by atoms with Crippen LogP contribution in [0, 0.1) is 0 Å². The van der Waals surface area contributed by atoms with Crippen LogP contribution in [0.15, 0.2) is 36.4 Å². The third-order valence-corrected chi connectivity index (χ3v) is 6.25. The average molecular weight is 440 g/mol. The monoisotopic (exact) mass is 439 g/mol. The number of benzene rings is 1. The molecule has 1 aromatic heterocycles. The standard InChI is InChI=1S/C23H33N7O2/c1-2-19-3-5-20(6-4-19)24-23(32)30-15-13-29(14-16-30)22-8-7-21(25-26-22)28-11-9-27(10-12-28)17-18-31/h3-8,31H,2,9-18H2,1H3,(H,24,32). The number of carbonyl (C=O) groups is 1. The molecule has 0 aliphatic carbocycles. The molecule has 0 saturated carbocycles. The van der Waals surface area contributed by atoms with Gasteiger partial charge in [-0.15, -0.1) is 10.2 Å². The minimum Gasteiger partial charge on any atom is -0.395 e. The van der Waals surface area contributed by atoms with Crippen molar-refractivity contribution < 1.29 is 9.90 Å². The summed E-state index contributed by atoms with van der Waals surface area (Å²) < 4.78 is 0. The first-order chi connectivity index (χ1) is 15.7. The second kappa shape index (κ2) is 10.6. The summed E-state index contributed by atoms with van der Waals surface area (Å²) in [4.78, 5) is 21.1. The molecular weight excluding hydrogens is 406 g/mol. The van der Waals surface area contributed by atoms with Crippen LogP contribution < -0.4 is 15.1 Å². The molecule has 1 aromatic carbocycles. The predicted octanol–water partition coefficient (Wildman–Crippen LogP) is 1.51. The summed E-state index contributed by atoms with van der Waals surface area (Å²) in [5, 5.41) is 21.0. The van der Waals surface area contributed by atoms with E-state index in [9.17, 15) is 4.79 Å². The first-order valence-electron chi connectivity index (χ1n) is 11.5. The van der Waals surface area contributed by atoms with E-state index in [1.54, 1.807) is 0 Å². The van der Waals surface area contributed by atoms with Crippen molar-refractivity contribution >= 4 is 23.4 Å². The van der Waals surface area contributed by atoms with Crippen LogP contribution in [0.4, 0.5) is 22.1 Å². The SMILES string of the molecule is CCc1ccc(NC(=O)N2CCN(c3ccc(N4CCN(CCO)CC4)nn3)CC2)cc1. The van der Waals surface area contributed by atoms with E-state index in [0.29, 0.717) is 13.1 Å². The van der Waals surface area contributed by atoms with Gasteiger partial charge in [-0.05, 0) is 36.2 Å². The second-order valence-corrected chi connectivity index (χ2v) is 8.26. The van der Waals surface area contributed by atoms with E-state index >= 15 is 0 Å². The number of nitrogens with one attached hydrogen (secondary N) is 1. The second-order valence-electron chi connectivity index (χ2n) is 8.26. The van der Waals surface area contributed by atoms with E-state index in [4.69, 9.17) is 5.11 Å². The summed E-state index contributed by atoms with van der Waals surface area (Å²) >= 11 is 0. The topological polar surface area (TPSA) is 88.1 Å². The first-order valence-corrected chi connectivity index (χ1v) is 11.5. The highest BCUT2D eigenvalue weighted by Gasteiger charge is 2.23. The van der Waals surface area contributed by atoms with E-state index in [2.05, 4.69) is 37.1 Å². The maximum Gasteiger partial charge on any atom is 0.321 e. The Balaban J connectivity index is 1.25. The number of nitrogens with zero attached hydrogens (tertiary/aromatic N) is 6. The Bertz CT molecular complexity index is 859. The van der Waals surface area contributed by atoms with E-state index in [1.807, 2.05) is 41.3 Å². The molecule has 32 heavy (non-hydrogen) atoms. The number of carbonyl (C=O) groups excluding carboxylic acids is 1. The van der Waals surface area contributed by atoms with Crippen molar-refractivity contribution in [3.05, 3.63) is 42.0 Å². The number of piperazine rings is 2. The van der Waals surface area contributed by atoms with Crippen molar-refractivity contribution in [3.8, 4) is 0 Å². The number of hydrogen-bond acceptors (Lipinski definition) is 7. The van der Waals surface area contributed by atoms with Gasteiger partial charge in [0.25, 0.3) is 0 Å². The molecule has 0 bridgehead atoms.